The Labute approximate surface area is 115 Å². The molecular formula is C15H21ClN2. The van der Waals surface area contributed by atoms with Gasteiger partial charge in [0.2, 0.25) is 0 Å². The molecule has 0 bridgehead atoms. The molecule has 1 aromatic rings. The molecule has 0 aromatic heterocycles. The zero-order valence-corrected chi connectivity index (χ0v) is 12.3. The van der Waals surface area contributed by atoms with E-state index in [9.17, 15) is 5.26 Å². The quantitative estimate of drug-likeness (QED) is 0.843. The van der Waals surface area contributed by atoms with Crippen LogP contribution in [0.15, 0.2) is 24.3 Å². The van der Waals surface area contributed by atoms with Crippen LogP contribution in [0, 0.1) is 16.7 Å². The molecule has 18 heavy (non-hydrogen) atoms. The maximum absolute atomic E-state index is 9.36. The van der Waals surface area contributed by atoms with Crippen molar-refractivity contribution in [3.05, 3.63) is 29.3 Å². The van der Waals surface area contributed by atoms with E-state index in [0.717, 1.165) is 18.5 Å². The predicted molar refractivity (Wildman–Crippen MR) is 77.8 cm³/mol. The van der Waals surface area contributed by atoms with Crippen LogP contribution in [-0.4, -0.2) is 5.54 Å². The second-order valence-corrected chi connectivity index (χ2v) is 6.57. The number of nitrogens with zero attached hydrogens (tertiary/aromatic N) is 1. The van der Waals surface area contributed by atoms with Crippen molar-refractivity contribution in [2.24, 2.45) is 5.41 Å². The van der Waals surface area contributed by atoms with Crippen molar-refractivity contribution >= 4 is 17.3 Å². The molecule has 1 N–H and O–H groups in total. The number of benzene rings is 1. The number of hydrogen-bond donors (Lipinski definition) is 1. The number of hydrogen-bond acceptors (Lipinski definition) is 2. The van der Waals surface area contributed by atoms with Gasteiger partial charge in [0.15, 0.2) is 0 Å². The zero-order chi connectivity index (χ0) is 13.8. The molecule has 0 aliphatic carbocycles. The summed E-state index contributed by atoms with van der Waals surface area (Å²) < 4.78 is 0. The van der Waals surface area contributed by atoms with Crippen molar-refractivity contribution < 1.29 is 0 Å². The van der Waals surface area contributed by atoms with Crippen molar-refractivity contribution in [2.45, 2.75) is 46.1 Å². The standard InChI is InChI=1S/C15H21ClN2/c1-14(2,3)9-10-15(4,11-17)18-13-7-5-12(16)6-8-13/h5-8,18H,9-10H2,1-4H3. The summed E-state index contributed by atoms with van der Waals surface area (Å²) in [5, 5.41) is 13.3. The van der Waals surface area contributed by atoms with E-state index in [1.165, 1.54) is 0 Å². The van der Waals surface area contributed by atoms with Gasteiger partial charge in [-0.15, -0.1) is 0 Å². The van der Waals surface area contributed by atoms with Gasteiger partial charge >= 0.3 is 0 Å². The van der Waals surface area contributed by atoms with Gasteiger partial charge in [-0.1, -0.05) is 32.4 Å². The summed E-state index contributed by atoms with van der Waals surface area (Å²) in [6.07, 6.45) is 1.81. The molecule has 0 saturated carbocycles. The van der Waals surface area contributed by atoms with Crippen molar-refractivity contribution in [1.29, 1.82) is 5.26 Å². The normalized spacial score (nSPS) is 14.7. The molecule has 1 atom stereocenters. The van der Waals surface area contributed by atoms with Gasteiger partial charge in [-0.25, -0.2) is 0 Å². The van der Waals surface area contributed by atoms with Crippen molar-refractivity contribution in [2.75, 3.05) is 5.32 Å². The Morgan fingerprint density at radius 1 is 1.11 bits per heavy atom. The van der Waals surface area contributed by atoms with Gasteiger partial charge in [-0.05, 0) is 49.4 Å². The fourth-order valence-electron chi connectivity index (χ4n) is 1.62. The number of nitrogens with one attached hydrogen (secondary N) is 1. The average molecular weight is 265 g/mol. The Bertz CT molecular complexity index is 425. The van der Waals surface area contributed by atoms with Crippen molar-refractivity contribution in [3.8, 4) is 6.07 Å². The summed E-state index contributed by atoms with van der Waals surface area (Å²) in [5.41, 5.74) is 0.623. The predicted octanol–water partition coefficient (Wildman–Crippen LogP) is 4.86. The smallest absolute Gasteiger partial charge is 0.122 e. The Morgan fingerprint density at radius 3 is 2.11 bits per heavy atom. The first-order valence-corrected chi connectivity index (χ1v) is 6.57. The van der Waals surface area contributed by atoms with Gasteiger partial charge in [-0.2, -0.15) is 5.26 Å². The van der Waals surface area contributed by atoms with Gasteiger partial charge in [0.1, 0.15) is 5.54 Å². The maximum Gasteiger partial charge on any atom is 0.122 e. The molecule has 3 heteroatoms. The van der Waals surface area contributed by atoms with Crippen LogP contribution < -0.4 is 5.32 Å². The molecule has 0 heterocycles. The third-order valence-electron chi connectivity index (χ3n) is 2.89. The van der Waals surface area contributed by atoms with Crippen LogP contribution in [0.4, 0.5) is 5.69 Å². The highest BCUT2D eigenvalue weighted by atomic mass is 35.5. The largest absolute Gasteiger partial charge is 0.368 e. The van der Waals surface area contributed by atoms with E-state index in [1.807, 2.05) is 31.2 Å². The van der Waals surface area contributed by atoms with Crippen LogP contribution in [0.5, 0.6) is 0 Å². The lowest BCUT2D eigenvalue weighted by Gasteiger charge is -2.28. The van der Waals surface area contributed by atoms with Crippen molar-refractivity contribution in [1.82, 2.24) is 0 Å². The minimum absolute atomic E-state index is 0.236. The lowest BCUT2D eigenvalue weighted by atomic mass is 9.84. The molecule has 0 saturated heterocycles. The fraction of sp³-hybridized carbons (Fsp3) is 0.533. The highest BCUT2D eigenvalue weighted by molar-refractivity contribution is 6.30. The first kappa shape index (κ1) is 14.9. The van der Waals surface area contributed by atoms with Crippen LogP contribution in [0.3, 0.4) is 0 Å². The third-order valence-corrected chi connectivity index (χ3v) is 3.14. The van der Waals surface area contributed by atoms with Gasteiger partial charge in [0.25, 0.3) is 0 Å². The molecule has 98 valence electrons. The van der Waals surface area contributed by atoms with Crippen LogP contribution in [0.1, 0.15) is 40.5 Å². The van der Waals surface area contributed by atoms with E-state index in [0.29, 0.717) is 5.02 Å². The van der Waals surface area contributed by atoms with E-state index >= 15 is 0 Å². The summed E-state index contributed by atoms with van der Waals surface area (Å²) in [7, 11) is 0. The number of rotatable bonds is 4. The fourth-order valence-corrected chi connectivity index (χ4v) is 1.75. The molecule has 1 unspecified atom stereocenters. The molecular weight excluding hydrogens is 244 g/mol. The summed E-state index contributed by atoms with van der Waals surface area (Å²) in [6.45, 7) is 8.50. The van der Waals surface area contributed by atoms with E-state index in [1.54, 1.807) is 0 Å². The topological polar surface area (TPSA) is 35.8 Å². The van der Waals surface area contributed by atoms with Crippen LogP contribution in [0.25, 0.3) is 0 Å². The second kappa shape index (κ2) is 5.63. The first-order valence-electron chi connectivity index (χ1n) is 6.19. The average Bonchev–Trinajstić information content (AvgIpc) is 2.29. The highest BCUT2D eigenvalue weighted by Gasteiger charge is 2.26. The molecule has 0 amide bonds. The van der Waals surface area contributed by atoms with Gasteiger partial charge in [-0.3, -0.25) is 0 Å². The SMILES string of the molecule is CC(C)(C)CCC(C)(C#N)Nc1ccc(Cl)cc1. The van der Waals surface area contributed by atoms with Gasteiger partial charge in [0.05, 0.1) is 6.07 Å². The van der Waals surface area contributed by atoms with E-state index in [2.05, 4.69) is 32.2 Å². The minimum Gasteiger partial charge on any atom is -0.368 e. The molecule has 0 radical (unpaired) electrons. The maximum atomic E-state index is 9.36. The third kappa shape index (κ3) is 4.98. The molecule has 2 nitrogen and oxygen atoms in total. The zero-order valence-electron chi connectivity index (χ0n) is 11.5. The Balaban J connectivity index is 2.71. The lowest BCUT2D eigenvalue weighted by Crippen LogP contribution is -2.34. The highest BCUT2D eigenvalue weighted by Crippen LogP contribution is 2.28. The lowest BCUT2D eigenvalue weighted by molar-refractivity contribution is 0.340. The van der Waals surface area contributed by atoms with Crippen LogP contribution in [-0.2, 0) is 0 Å². The number of anilines is 1. The first-order chi connectivity index (χ1) is 8.24. The van der Waals surface area contributed by atoms with Crippen LogP contribution >= 0.6 is 11.6 Å². The summed E-state index contributed by atoms with van der Waals surface area (Å²) >= 11 is 5.84. The summed E-state index contributed by atoms with van der Waals surface area (Å²) in [4.78, 5) is 0. The molecule has 1 aromatic carbocycles. The summed E-state index contributed by atoms with van der Waals surface area (Å²) in [5.74, 6) is 0. The van der Waals surface area contributed by atoms with Gasteiger partial charge in [0, 0.05) is 10.7 Å². The number of halogens is 1. The number of nitriles is 1. The van der Waals surface area contributed by atoms with E-state index < -0.39 is 5.54 Å². The minimum atomic E-state index is -0.541. The second-order valence-electron chi connectivity index (χ2n) is 6.14. The Hall–Kier alpha value is -1.20. The van der Waals surface area contributed by atoms with Gasteiger partial charge < -0.3 is 5.32 Å². The molecule has 0 spiro atoms. The summed E-state index contributed by atoms with van der Waals surface area (Å²) in [6, 6.07) is 9.82. The molecule has 0 fully saturated rings. The Kier molecular flexibility index (Phi) is 4.65. The molecule has 0 aliphatic rings. The van der Waals surface area contributed by atoms with Crippen molar-refractivity contribution in [3.63, 3.8) is 0 Å². The molecule has 1 rings (SSSR count). The van der Waals surface area contributed by atoms with E-state index in [-0.39, 0.29) is 5.41 Å². The van der Waals surface area contributed by atoms with E-state index in [4.69, 9.17) is 11.6 Å². The monoisotopic (exact) mass is 264 g/mol. The Morgan fingerprint density at radius 2 is 1.67 bits per heavy atom. The van der Waals surface area contributed by atoms with Crippen LogP contribution in [0.2, 0.25) is 5.02 Å². The molecule has 0 aliphatic heterocycles.